The van der Waals surface area contributed by atoms with Crippen molar-refractivity contribution >= 4 is 16.7 Å². The number of morpholine rings is 1. The van der Waals surface area contributed by atoms with Crippen molar-refractivity contribution in [3.8, 4) is 5.75 Å². The Labute approximate surface area is 148 Å². The summed E-state index contributed by atoms with van der Waals surface area (Å²) in [6.07, 6.45) is 0.342. The molecule has 5 nitrogen and oxygen atoms in total. The first kappa shape index (κ1) is 17.7. The number of amides is 1. The fourth-order valence-electron chi connectivity index (χ4n) is 3.11. The highest BCUT2D eigenvalue weighted by Gasteiger charge is 2.25. The summed E-state index contributed by atoms with van der Waals surface area (Å²) in [7, 11) is 1.67. The summed E-state index contributed by atoms with van der Waals surface area (Å²) in [4.78, 5) is 14.2. The number of ether oxygens (including phenoxy) is 3. The molecule has 0 aliphatic carbocycles. The number of hydrogen-bond acceptors (Lipinski definition) is 4. The topological polar surface area (TPSA) is 48.0 Å². The van der Waals surface area contributed by atoms with Crippen molar-refractivity contribution in [3.63, 3.8) is 0 Å². The van der Waals surface area contributed by atoms with Crippen LogP contribution in [-0.4, -0.2) is 50.8 Å². The molecule has 0 saturated carbocycles. The summed E-state index contributed by atoms with van der Waals surface area (Å²) in [6.45, 7) is 4.85. The van der Waals surface area contributed by atoms with Crippen LogP contribution in [0.25, 0.3) is 10.8 Å². The average molecular weight is 343 g/mol. The van der Waals surface area contributed by atoms with E-state index in [9.17, 15) is 4.79 Å². The Morgan fingerprint density at radius 2 is 2.04 bits per heavy atom. The van der Waals surface area contributed by atoms with E-state index in [-0.39, 0.29) is 12.0 Å². The van der Waals surface area contributed by atoms with Crippen molar-refractivity contribution in [3.05, 3.63) is 42.0 Å². The third-order valence-corrected chi connectivity index (χ3v) is 4.53. The predicted octanol–water partition coefficient (Wildman–Crippen LogP) is 3.17. The lowest BCUT2D eigenvalue weighted by Gasteiger charge is -2.33. The molecule has 2 aromatic rings. The number of carbonyl (C=O) groups excluding carboxylic acids is 1. The van der Waals surface area contributed by atoms with Crippen LogP contribution in [0.1, 0.15) is 25.0 Å². The largest absolute Gasteiger partial charge is 0.497 e. The van der Waals surface area contributed by atoms with E-state index < -0.39 is 0 Å². The van der Waals surface area contributed by atoms with E-state index in [0.717, 1.165) is 22.1 Å². The van der Waals surface area contributed by atoms with Gasteiger partial charge in [0.15, 0.2) is 0 Å². The molecule has 1 unspecified atom stereocenters. The van der Waals surface area contributed by atoms with Crippen molar-refractivity contribution in [1.29, 1.82) is 0 Å². The number of rotatable bonds is 6. The first-order chi connectivity index (χ1) is 12.2. The Kier molecular flexibility index (Phi) is 5.89. The van der Waals surface area contributed by atoms with Crippen LogP contribution in [0.2, 0.25) is 0 Å². The van der Waals surface area contributed by atoms with Crippen molar-refractivity contribution < 1.29 is 19.0 Å². The van der Waals surface area contributed by atoms with Crippen LogP contribution < -0.4 is 4.74 Å². The zero-order chi connectivity index (χ0) is 17.6. The molecule has 1 amide bonds. The lowest BCUT2D eigenvalue weighted by molar-refractivity contribution is -0.140. The highest BCUT2D eigenvalue weighted by molar-refractivity contribution is 5.84. The molecule has 1 fully saturated rings. The standard InChI is InChI=1S/C20H25NO4/c1-3-24-10-8-20(22)21-9-11-25-19(14-21)17-5-4-16-13-18(23-2)7-6-15(16)12-17/h4-7,12-13,19H,3,8-11,14H2,1-2H3. The Morgan fingerprint density at radius 3 is 2.84 bits per heavy atom. The van der Waals surface area contributed by atoms with Gasteiger partial charge in [-0.05, 0) is 41.5 Å². The number of fused-ring (bicyclic) bond motifs is 1. The van der Waals surface area contributed by atoms with Crippen molar-refractivity contribution in [2.75, 3.05) is 40.0 Å². The maximum atomic E-state index is 12.3. The predicted molar refractivity (Wildman–Crippen MR) is 96.9 cm³/mol. The van der Waals surface area contributed by atoms with E-state index in [1.165, 1.54) is 0 Å². The summed E-state index contributed by atoms with van der Waals surface area (Å²) in [5.74, 6) is 0.979. The number of hydrogen-bond donors (Lipinski definition) is 0. The van der Waals surface area contributed by atoms with Gasteiger partial charge in [0.1, 0.15) is 11.9 Å². The lowest BCUT2D eigenvalue weighted by Crippen LogP contribution is -2.42. The smallest absolute Gasteiger partial charge is 0.225 e. The molecule has 0 N–H and O–H groups in total. The maximum absolute atomic E-state index is 12.3. The molecule has 134 valence electrons. The molecule has 0 radical (unpaired) electrons. The molecule has 1 heterocycles. The molecule has 0 bridgehead atoms. The minimum atomic E-state index is -0.0868. The first-order valence-corrected chi connectivity index (χ1v) is 8.76. The van der Waals surface area contributed by atoms with Gasteiger partial charge in [0.25, 0.3) is 0 Å². The summed E-state index contributed by atoms with van der Waals surface area (Å²) in [6, 6.07) is 12.3. The molecule has 1 aliphatic heterocycles. The van der Waals surface area contributed by atoms with Crippen LogP contribution in [-0.2, 0) is 14.3 Å². The number of benzene rings is 2. The van der Waals surface area contributed by atoms with E-state index in [1.807, 2.05) is 30.0 Å². The van der Waals surface area contributed by atoms with E-state index in [0.29, 0.717) is 39.3 Å². The van der Waals surface area contributed by atoms with Gasteiger partial charge in [-0.25, -0.2) is 0 Å². The molecule has 3 rings (SSSR count). The molecule has 0 aromatic heterocycles. The Hall–Kier alpha value is -2.11. The van der Waals surface area contributed by atoms with Gasteiger partial charge in [0.2, 0.25) is 5.91 Å². The Balaban J connectivity index is 1.70. The molecular formula is C20H25NO4. The second kappa shape index (κ2) is 8.32. The maximum Gasteiger partial charge on any atom is 0.225 e. The van der Waals surface area contributed by atoms with Crippen LogP contribution in [0, 0.1) is 0 Å². The van der Waals surface area contributed by atoms with Gasteiger partial charge in [0.05, 0.1) is 33.3 Å². The first-order valence-electron chi connectivity index (χ1n) is 8.76. The number of carbonyl (C=O) groups is 1. The van der Waals surface area contributed by atoms with Crippen molar-refractivity contribution in [1.82, 2.24) is 4.90 Å². The summed E-state index contributed by atoms with van der Waals surface area (Å²) in [5.41, 5.74) is 1.10. The Morgan fingerprint density at radius 1 is 1.24 bits per heavy atom. The van der Waals surface area contributed by atoms with Crippen LogP contribution >= 0.6 is 0 Å². The Bertz CT molecular complexity index is 731. The van der Waals surface area contributed by atoms with Gasteiger partial charge in [-0.3, -0.25) is 4.79 Å². The van der Waals surface area contributed by atoms with Gasteiger partial charge in [-0.2, -0.15) is 0 Å². The highest BCUT2D eigenvalue weighted by atomic mass is 16.5. The van der Waals surface area contributed by atoms with Crippen molar-refractivity contribution in [2.24, 2.45) is 0 Å². The van der Waals surface area contributed by atoms with Crippen LogP contribution in [0.3, 0.4) is 0 Å². The molecular weight excluding hydrogens is 318 g/mol. The zero-order valence-electron chi connectivity index (χ0n) is 14.9. The third-order valence-electron chi connectivity index (χ3n) is 4.53. The molecule has 2 aromatic carbocycles. The minimum absolute atomic E-state index is 0.0868. The van der Waals surface area contributed by atoms with Gasteiger partial charge in [-0.1, -0.05) is 18.2 Å². The number of nitrogens with zero attached hydrogens (tertiary/aromatic N) is 1. The summed E-state index contributed by atoms with van der Waals surface area (Å²) >= 11 is 0. The molecule has 5 heteroatoms. The molecule has 1 saturated heterocycles. The second-order valence-electron chi connectivity index (χ2n) is 6.12. The fraction of sp³-hybridized carbons (Fsp3) is 0.450. The van der Waals surface area contributed by atoms with Gasteiger partial charge in [-0.15, -0.1) is 0 Å². The van der Waals surface area contributed by atoms with E-state index in [2.05, 4.69) is 18.2 Å². The molecule has 25 heavy (non-hydrogen) atoms. The lowest BCUT2D eigenvalue weighted by atomic mass is 10.0. The normalized spacial score (nSPS) is 17.7. The van der Waals surface area contributed by atoms with Crippen LogP contribution in [0.15, 0.2) is 36.4 Å². The number of methoxy groups -OCH3 is 1. The average Bonchev–Trinajstić information content (AvgIpc) is 2.67. The van der Waals surface area contributed by atoms with Gasteiger partial charge < -0.3 is 19.1 Å². The molecule has 0 spiro atoms. The molecule has 1 aliphatic rings. The fourth-order valence-corrected chi connectivity index (χ4v) is 3.11. The van der Waals surface area contributed by atoms with E-state index >= 15 is 0 Å². The third kappa shape index (κ3) is 4.30. The SMILES string of the molecule is CCOCCC(=O)N1CCOC(c2ccc3cc(OC)ccc3c2)C1. The highest BCUT2D eigenvalue weighted by Crippen LogP contribution is 2.28. The van der Waals surface area contributed by atoms with E-state index in [4.69, 9.17) is 14.2 Å². The van der Waals surface area contributed by atoms with Crippen molar-refractivity contribution in [2.45, 2.75) is 19.4 Å². The van der Waals surface area contributed by atoms with Crippen LogP contribution in [0.5, 0.6) is 5.75 Å². The summed E-state index contributed by atoms with van der Waals surface area (Å²) in [5, 5.41) is 2.27. The second-order valence-corrected chi connectivity index (χ2v) is 6.12. The van der Waals surface area contributed by atoms with Gasteiger partial charge >= 0.3 is 0 Å². The zero-order valence-corrected chi connectivity index (χ0v) is 14.9. The monoisotopic (exact) mass is 343 g/mol. The van der Waals surface area contributed by atoms with Gasteiger partial charge in [0, 0.05) is 13.2 Å². The summed E-state index contributed by atoms with van der Waals surface area (Å²) < 4.78 is 16.5. The molecule has 1 atom stereocenters. The minimum Gasteiger partial charge on any atom is -0.497 e. The van der Waals surface area contributed by atoms with E-state index in [1.54, 1.807) is 7.11 Å². The quantitative estimate of drug-likeness (QED) is 0.756. The van der Waals surface area contributed by atoms with Crippen LogP contribution in [0.4, 0.5) is 0 Å².